The van der Waals surface area contributed by atoms with Gasteiger partial charge in [0.15, 0.2) is 0 Å². The molecule has 120 valence electrons. The molecule has 24 heavy (non-hydrogen) atoms. The Morgan fingerprint density at radius 3 is 2.50 bits per heavy atom. The number of carbonyl (C=O) groups is 1. The molecule has 6 nitrogen and oxygen atoms in total. The number of anilines is 2. The van der Waals surface area contributed by atoms with Crippen LogP contribution in [0.25, 0.3) is 10.4 Å². The van der Waals surface area contributed by atoms with Crippen LogP contribution in [-0.4, -0.2) is 10.8 Å². The van der Waals surface area contributed by atoms with Crippen molar-refractivity contribution in [2.24, 2.45) is 0 Å². The van der Waals surface area contributed by atoms with E-state index in [1.807, 2.05) is 29.6 Å². The van der Waals surface area contributed by atoms with Gasteiger partial charge in [0, 0.05) is 22.6 Å². The standard InChI is InChI=1S/C17H13N3O3S/c18-14-8-5-12(16-2-1-9-24-16)10-15(14)19-17(21)11-3-6-13(7-4-11)20(22)23/h1-10H,18H2,(H,19,21). The van der Waals surface area contributed by atoms with E-state index in [2.05, 4.69) is 5.32 Å². The number of nitrogens with two attached hydrogens (primary N) is 1. The van der Waals surface area contributed by atoms with Crippen LogP contribution in [0.2, 0.25) is 0 Å². The molecule has 0 aliphatic carbocycles. The van der Waals surface area contributed by atoms with Gasteiger partial charge < -0.3 is 11.1 Å². The molecule has 3 rings (SSSR count). The van der Waals surface area contributed by atoms with Gasteiger partial charge in [0.1, 0.15) is 0 Å². The summed E-state index contributed by atoms with van der Waals surface area (Å²) in [5.41, 5.74) is 8.10. The van der Waals surface area contributed by atoms with Crippen molar-refractivity contribution in [3.8, 4) is 10.4 Å². The molecule has 0 spiro atoms. The smallest absolute Gasteiger partial charge is 0.269 e. The van der Waals surface area contributed by atoms with Gasteiger partial charge in [-0.3, -0.25) is 14.9 Å². The molecule has 1 heterocycles. The number of hydrogen-bond donors (Lipinski definition) is 2. The minimum Gasteiger partial charge on any atom is -0.397 e. The summed E-state index contributed by atoms with van der Waals surface area (Å²) in [6.07, 6.45) is 0. The second-order valence-corrected chi connectivity index (χ2v) is 5.99. The number of thiophene rings is 1. The summed E-state index contributed by atoms with van der Waals surface area (Å²) in [6.45, 7) is 0. The third-order valence-electron chi connectivity index (χ3n) is 3.45. The monoisotopic (exact) mass is 339 g/mol. The highest BCUT2D eigenvalue weighted by atomic mass is 32.1. The number of carbonyl (C=O) groups excluding carboxylic acids is 1. The first-order valence-corrected chi connectivity index (χ1v) is 7.92. The van der Waals surface area contributed by atoms with E-state index >= 15 is 0 Å². The number of nitrogen functional groups attached to an aromatic ring is 1. The molecular formula is C17H13N3O3S. The number of benzene rings is 2. The van der Waals surface area contributed by atoms with E-state index in [1.165, 1.54) is 24.3 Å². The van der Waals surface area contributed by atoms with E-state index in [4.69, 9.17) is 5.73 Å². The second-order valence-electron chi connectivity index (χ2n) is 5.04. The zero-order valence-electron chi connectivity index (χ0n) is 12.4. The van der Waals surface area contributed by atoms with Gasteiger partial charge in [0.25, 0.3) is 11.6 Å². The van der Waals surface area contributed by atoms with Gasteiger partial charge in [-0.05, 0) is 41.3 Å². The maximum absolute atomic E-state index is 12.3. The normalized spacial score (nSPS) is 10.3. The highest BCUT2D eigenvalue weighted by Crippen LogP contribution is 2.30. The van der Waals surface area contributed by atoms with Gasteiger partial charge in [-0.2, -0.15) is 0 Å². The van der Waals surface area contributed by atoms with Gasteiger partial charge in [0.2, 0.25) is 0 Å². The molecule has 2 aromatic carbocycles. The Bertz CT molecular complexity index is 890. The Morgan fingerprint density at radius 2 is 1.88 bits per heavy atom. The summed E-state index contributed by atoms with van der Waals surface area (Å²) in [4.78, 5) is 23.5. The SMILES string of the molecule is Nc1ccc(-c2cccs2)cc1NC(=O)c1ccc([N+](=O)[O-])cc1. The van der Waals surface area contributed by atoms with Gasteiger partial charge >= 0.3 is 0 Å². The Morgan fingerprint density at radius 1 is 1.12 bits per heavy atom. The average molecular weight is 339 g/mol. The summed E-state index contributed by atoms with van der Waals surface area (Å²) in [7, 11) is 0. The molecule has 0 unspecified atom stereocenters. The van der Waals surface area contributed by atoms with E-state index in [9.17, 15) is 14.9 Å². The first-order chi connectivity index (χ1) is 11.5. The number of hydrogen-bond acceptors (Lipinski definition) is 5. The van der Waals surface area contributed by atoms with Crippen LogP contribution in [0, 0.1) is 10.1 Å². The van der Waals surface area contributed by atoms with Crippen molar-refractivity contribution < 1.29 is 9.72 Å². The first kappa shape index (κ1) is 15.7. The summed E-state index contributed by atoms with van der Waals surface area (Å²) >= 11 is 1.59. The van der Waals surface area contributed by atoms with Crippen molar-refractivity contribution in [3.63, 3.8) is 0 Å². The van der Waals surface area contributed by atoms with E-state index in [0.29, 0.717) is 16.9 Å². The second kappa shape index (κ2) is 6.51. The van der Waals surface area contributed by atoms with Crippen molar-refractivity contribution in [1.82, 2.24) is 0 Å². The first-order valence-electron chi connectivity index (χ1n) is 7.04. The molecule has 0 aliphatic rings. The van der Waals surface area contributed by atoms with Crippen LogP contribution < -0.4 is 11.1 Å². The quantitative estimate of drug-likeness (QED) is 0.423. The van der Waals surface area contributed by atoms with Crippen molar-refractivity contribution in [1.29, 1.82) is 0 Å². The number of nitrogens with one attached hydrogen (secondary N) is 1. The Balaban J connectivity index is 1.83. The fraction of sp³-hybridized carbons (Fsp3) is 0. The van der Waals surface area contributed by atoms with Gasteiger partial charge in [0.05, 0.1) is 16.3 Å². The molecule has 0 atom stereocenters. The minimum absolute atomic E-state index is 0.0641. The lowest BCUT2D eigenvalue weighted by atomic mass is 10.1. The van der Waals surface area contributed by atoms with E-state index in [0.717, 1.165) is 10.4 Å². The third kappa shape index (κ3) is 3.26. The lowest BCUT2D eigenvalue weighted by Gasteiger charge is -2.10. The van der Waals surface area contributed by atoms with Crippen molar-refractivity contribution in [2.45, 2.75) is 0 Å². The highest BCUT2D eigenvalue weighted by molar-refractivity contribution is 7.13. The molecule has 0 saturated heterocycles. The zero-order chi connectivity index (χ0) is 17.1. The summed E-state index contributed by atoms with van der Waals surface area (Å²) in [5.74, 6) is -0.375. The predicted octanol–water partition coefficient (Wildman–Crippen LogP) is 4.16. The average Bonchev–Trinajstić information content (AvgIpc) is 3.11. The number of nitro groups is 1. The van der Waals surface area contributed by atoms with Crippen LogP contribution >= 0.6 is 11.3 Å². The van der Waals surface area contributed by atoms with Gasteiger partial charge in [-0.15, -0.1) is 11.3 Å². The van der Waals surface area contributed by atoms with Crippen LogP contribution in [-0.2, 0) is 0 Å². The predicted molar refractivity (Wildman–Crippen MR) is 95.2 cm³/mol. The molecule has 3 N–H and O–H groups in total. The fourth-order valence-electron chi connectivity index (χ4n) is 2.19. The van der Waals surface area contributed by atoms with Crippen molar-refractivity contribution in [3.05, 3.63) is 75.7 Å². The summed E-state index contributed by atoms with van der Waals surface area (Å²) in [5, 5.41) is 15.4. The molecule has 0 bridgehead atoms. The largest absolute Gasteiger partial charge is 0.397 e. The Hall–Kier alpha value is -3.19. The molecular weight excluding hydrogens is 326 g/mol. The molecule has 0 saturated carbocycles. The zero-order valence-corrected chi connectivity index (χ0v) is 13.2. The fourth-order valence-corrected chi connectivity index (χ4v) is 2.91. The third-order valence-corrected chi connectivity index (χ3v) is 4.37. The number of nitrogens with zero attached hydrogens (tertiary/aromatic N) is 1. The highest BCUT2D eigenvalue weighted by Gasteiger charge is 2.12. The van der Waals surface area contributed by atoms with Crippen molar-refractivity contribution >= 4 is 34.3 Å². The minimum atomic E-state index is -0.510. The Labute approximate surface area is 141 Å². The van der Waals surface area contributed by atoms with Crippen LogP contribution in [0.3, 0.4) is 0 Å². The van der Waals surface area contributed by atoms with E-state index < -0.39 is 4.92 Å². The number of nitro benzene ring substituents is 1. The van der Waals surface area contributed by atoms with Gasteiger partial charge in [-0.1, -0.05) is 12.1 Å². The number of rotatable bonds is 4. The van der Waals surface area contributed by atoms with Crippen LogP contribution in [0.4, 0.5) is 17.1 Å². The lowest BCUT2D eigenvalue weighted by molar-refractivity contribution is -0.384. The summed E-state index contributed by atoms with van der Waals surface area (Å²) in [6, 6.07) is 14.8. The number of amides is 1. The van der Waals surface area contributed by atoms with E-state index in [1.54, 1.807) is 17.4 Å². The van der Waals surface area contributed by atoms with Crippen LogP contribution in [0.5, 0.6) is 0 Å². The van der Waals surface area contributed by atoms with Crippen LogP contribution in [0.1, 0.15) is 10.4 Å². The molecule has 7 heteroatoms. The van der Waals surface area contributed by atoms with Crippen LogP contribution in [0.15, 0.2) is 60.0 Å². The Kier molecular flexibility index (Phi) is 4.26. The van der Waals surface area contributed by atoms with Gasteiger partial charge in [-0.25, -0.2) is 0 Å². The number of non-ortho nitro benzene ring substituents is 1. The molecule has 1 aromatic heterocycles. The maximum Gasteiger partial charge on any atom is 0.269 e. The molecule has 1 amide bonds. The molecule has 3 aromatic rings. The molecule has 0 radical (unpaired) electrons. The lowest BCUT2D eigenvalue weighted by Crippen LogP contribution is -2.13. The van der Waals surface area contributed by atoms with Crippen molar-refractivity contribution in [2.75, 3.05) is 11.1 Å². The van der Waals surface area contributed by atoms with E-state index in [-0.39, 0.29) is 11.6 Å². The molecule has 0 fully saturated rings. The topological polar surface area (TPSA) is 98.3 Å². The maximum atomic E-state index is 12.3. The molecule has 0 aliphatic heterocycles. The summed E-state index contributed by atoms with van der Waals surface area (Å²) < 4.78 is 0.